The number of ether oxygens (including phenoxy) is 2. The number of tetrazole rings is 2. The van der Waals surface area contributed by atoms with Crippen LogP contribution in [0.1, 0.15) is 59.8 Å². The highest BCUT2D eigenvalue weighted by Crippen LogP contribution is 2.29. The van der Waals surface area contributed by atoms with E-state index in [1.807, 2.05) is 48.5 Å². The summed E-state index contributed by atoms with van der Waals surface area (Å²) in [6, 6.07) is 40.9. The molecule has 16 nitrogen and oxygen atoms in total. The van der Waals surface area contributed by atoms with Crippen molar-refractivity contribution in [1.29, 1.82) is 0 Å². The molecule has 2 fully saturated rings. The molecule has 0 aliphatic carbocycles. The molecule has 0 saturated carbocycles. The van der Waals surface area contributed by atoms with Crippen LogP contribution < -0.4 is 0 Å². The van der Waals surface area contributed by atoms with Crippen LogP contribution in [-0.2, 0) is 32.2 Å². The van der Waals surface area contributed by atoms with Crippen molar-refractivity contribution in [3.63, 3.8) is 0 Å². The number of nitrogens with zero attached hydrogens (tertiary/aromatic N) is 12. The van der Waals surface area contributed by atoms with Gasteiger partial charge in [-0.3, -0.25) is 29.2 Å². The first kappa shape index (κ1) is 47.2. The Morgan fingerprint density at radius 2 is 0.864 bits per heavy atom. The lowest BCUT2D eigenvalue weighted by Gasteiger charge is -2.38. The van der Waals surface area contributed by atoms with E-state index in [-0.39, 0.29) is 37.1 Å². The molecule has 2 atom stereocenters. The van der Waals surface area contributed by atoms with E-state index in [9.17, 15) is 9.59 Å². The zero-order valence-electron chi connectivity index (χ0n) is 37.9. The van der Waals surface area contributed by atoms with E-state index in [0.717, 1.165) is 76.6 Å². The molecule has 0 N–H and O–H groups in total. The van der Waals surface area contributed by atoms with E-state index in [1.165, 1.54) is 11.1 Å². The van der Waals surface area contributed by atoms with Crippen LogP contribution in [0.5, 0.6) is 0 Å². The normalized spacial score (nSPS) is 16.2. The van der Waals surface area contributed by atoms with Crippen molar-refractivity contribution in [2.45, 2.75) is 39.0 Å². The van der Waals surface area contributed by atoms with Gasteiger partial charge in [0.2, 0.25) is 0 Å². The number of carbonyl (C=O) groups is 2. The summed E-state index contributed by atoms with van der Waals surface area (Å²) in [5, 5.41) is 24.5. The van der Waals surface area contributed by atoms with E-state index < -0.39 is 0 Å². The number of piperazine rings is 2. The van der Waals surface area contributed by atoms with Crippen molar-refractivity contribution in [2.75, 3.05) is 78.7 Å². The molecule has 8 rings (SSSR count). The molecule has 0 spiro atoms. The van der Waals surface area contributed by atoms with Gasteiger partial charge in [0.15, 0.2) is 11.6 Å². The lowest BCUT2D eigenvalue weighted by atomic mass is 10.0. The first-order valence-electron chi connectivity index (χ1n) is 22.8. The van der Waals surface area contributed by atoms with Crippen LogP contribution in [-0.4, -0.2) is 151 Å². The van der Waals surface area contributed by atoms with Gasteiger partial charge in [-0.1, -0.05) is 146 Å². The minimum absolute atomic E-state index is 0.00372. The molecule has 2 saturated heterocycles. The zero-order valence-corrected chi connectivity index (χ0v) is 37.9. The van der Waals surface area contributed by atoms with Gasteiger partial charge >= 0.3 is 11.9 Å². The summed E-state index contributed by atoms with van der Waals surface area (Å²) >= 11 is 0. The van der Waals surface area contributed by atoms with E-state index in [0.29, 0.717) is 24.9 Å². The number of hydrogen-bond donors (Lipinski definition) is 0. The van der Waals surface area contributed by atoms with E-state index in [2.05, 4.69) is 148 Å². The van der Waals surface area contributed by atoms with Crippen molar-refractivity contribution < 1.29 is 19.1 Å². The van der Waals surface area contributed by atoms with Gasteiger partial charge in [-0.15, -0.1) is 10.2 Å². The summed E-state index contributed by atoms with van der Waals surface area (Å²) in [7, 11) is 0. The maximum absolute atomic E-state index is 12.1. The molecule has 2 aliphatic heterocycles. The largest absolute Gasteiger partial charge is 0.465 e. The van der Waals surface area contributed by atoms with Gasteiger partial charge in [-0.25, -0.2) is 9.36 Å². The zero-order chi connectivity index (χ0) is 45.8. The van der Waals surface area contributed by atoms with Crippen LogP contribution >= 0.6 is 0 Å². The molecule has 4 heterocycles. The molecule has 4 aromatic carbocycles. The first-order valence-corrected chi connectivity index (χ1v) is 22.8. The fourth-order valence-corrected chi connectivity index (χ4v) is 8.23. The summed E-state index contributed by atoms with van der Waals surface area (Å²) in [6.45, 7) is 13.4. The average molecular weight is 893 g/mol. The fraction of sp³-hybridized carbons (Fsp3) is 0.360. The maximum Gasteiger partial charge on any atom is 0.327 e. The Balaban J connectivity index is 0.000000196. The van der Waals surface area contributed by atoms with Crippen molar-refractivity contribution >= 4 is 24.1 Å². The molecular formula is C50H60N12O4. The Labute approximate surface area is 387 Å². The number of esters is 2. The lowest BCUT2D eigenvalue weighted by Crippen LogP contribution is -2.48. The third kappa shape index (κ3) is 13.7. The highest BCUT2D eigenvalue weighted by atomic mass is 16.5. The van der Waals surface area contributed by atoms with Gasteiger partial charge in [0, 0.05) is 65.4 Å². The summed E-state index contributed by atoms with van der Waals surface area (Å²) in [6.07, 6.45) is 8.78. The first-order chi connectivity index (χ1) is 32.5. The molecular weight excluding hydrogens is 833 g/mol. The van der Waals surface area contributed by atoms with E-state index in [4.69, 9.17) is 9.47 Å². The molecule has 344 valence electrons. The molecule has 6 aromatic rings. The number of rotatable bonds is 18. The number of carbonyl (C=O) groups excluding carboxylic acids is 2. The molecule has 0 amide bonds. The Morgan fingerprint density at radius 1 is 0.515 bits per heavy atom. The van der Waals surface area contributed by atoms with Crippen molar-refractivity contribution in [2.24, 2.45) is 0 Å². The maximum atomic E-state index is 12.1. The summed E-state index contributed by atoms with van der Waals surface area (Å²) < 4.78 is 13.3. The SMILES string of the molecule is CCOC(=O)Cn1nnnc1[C@@H](c1ccccc1)N1CCN(C/C=C/c2ccccc2)CC1.CCOC(=O)Cn1nnnc1[C@H](c1ccccc1)N1CCN(C/C=C/c2ccccc2)CC1. The van der Waals surface area contributed by atoms with Crippen molar-refractivity contribution in [3.8, 4) is 0 Å². The minimum Gasteiger partial charge on any atom is -0.465 e. The van der Waals surface area contributed by atoms with Crippen molar-refractivity contribution in [3.05, 3.63) is 167 Å². The number of aromatic nitrogens is 8. The molecule has 2 aliphatic rings. The van der Waals surface area contributed by atoms with Crippen LogP contribution in [0.3, 0.4) is 0 Å². The summed E-state index contributed by atoms with van der Waals surface area (Å²) in [4.78, 5) is 33.8. The van der Waals surface area contributed by atoms with E-state index >= 15 is 0 Å². The lowest BCUT2D eigenvalue weighted by molar-refractivity contribution is -0.145. The molecule has 0 unspecified atom stereocenters. The average Bonchev–Trinajstić information content (AvgIpc) is 4.01. The molecule has 16 heteroatoms. The van der Waals surface area contributed by atoms with Crippen LogP contribution in [0.2, 0.25) is 0 Å². The smallest absolute Gasteiger partial charge is 0.327 e. The Bertz CT molecular complexity index is 2230. The van der Waals surface area contributed by atoms with Crippen LogP contribution in [0, 0.1) is 0 Å². The number of benzene rings is 4. The Hall–Kier alpha value is -6.72. The Kier molecular flexibility index (Phi) is 18.0. The monoisotopic (exact) mass is 892 g/mol. The quantitative estimate of drug-likeness (QED) is 0.102. The predicted octanol–water partition coefficient (Wildman–Crippen LogP) is 5.31. The van der Waals surface area contributed by atoms with Crippen LogP contribution in [0.25, 0.3) is 12.2 Å². The van der Waals surface area contributed by atoms with E-state index in [1.54, 1.807) is 23.2 Å². The Morgan fingerprint density at radius 3 is 1.21 bits per heavy atom. The highest BCUT2D eigenvalue weighted by Gasteiger charge is 2.32. The standard InChI is InChI=1S/2C25H30N6O2/c2*1-2-33-23(32)20-31-25(26-27-28-31)24(22-13-7-4-8-14-22)30-18-16-29(17-19-30)15-9-12-21-10-5-3-6-11-21/h2*3-14,24H,2,15-20H2,1H3/b2*12-9+/t2*24-/m10/s1. The fourth-order valence-electron chi connectivity index (χ4n) is 8.23. The van der Waals surface area contributed by atoms with Crippen LogP contribution in [0.15, 0.2) is 133 Å². The minimum atomic E-state index is -0.340. The second-order valence-electron chi connectivity index (χ2n) is 15.9. The third-order valence-corrected chi connectivity index (χ3v) is 11.5. The molecule has 66 heavy (non-hydrogen) atoms. The van der Waals surface area contributed by atoms with Gasteiger partial charge in [0.25, 0.3) is 0 Å². The van der Waals surface area contributed by atoms with Crippen LogP contribution in [0.4, 0.5) is 0 Å². The van der Waals surface area contributed by atoms with Gasteiger partial charge < -0.3 is 9.47 Å². The van der Waals surface area contributed by atoms with Gasteiger partial charge in [0.05, 0.1) is 25.3 Å². The molecule has 0 radical (unpaired) electrons. The predicted molar refractivity (Wildman–Crippen MR) is 252 cm³/mol. The summed E-state index contributed by atoms with van der Waals surface area (Å²) in [5.41, 5.74) is 4.65. The second kappa shape index (κ2) is 25.1. The second-order valence-corrected chi connectivity index (χ2v) is 15.9. The van der Waals surface area contributed by atoms with Gasteiger partial charge in [-0.2, -0.15) is 0 Å². The highest BCUT2D eigenvalue weighted by molar-refractivity contribution is 5.69. The molecule has 0 bridgehead atoms. The van der Waals surface area contributed by atoms with Gasteiger partial charge in [0.1, 0.15) is 13.1 Å². The number of hydrogen-bond acceptors (Lipinski definition) is 14. The summed E-state index contributed by atoms with van der Waals surface area (Å²) in [5.74, 6) is 0.638. The third-order valence-electron chi connectivity index (χ3n) is 11.5. The van der Waals surface area contributed by atoms with Crippen molar-refractivity contribution in [1.82, 2.24) is 60.0 Å². The molecule has 2 aromatic heterocycles. The van der Waals surface area contributed by atoms with Gasteiger partial charge in [-0.05, 0) is 57.0 Å². The topological polar surface area (TPSA) is 153 Å².